The van der Waals surface area contributed by atoms with Gasteiger partial charge >= 0.3 is 5.97 Å². The summed E-state index contributed by atoms with van der Waals surface area (Å²) in [5.74, 6) is 0.794. The fourth-order valence-corrected chi connectivity index (χ4v) is 5.62. The highest BCUT2D eigenvalue weighted by atomic mass is 32.2. The molecule has 0 aliphatic rings. The number of esters is 1. The van der Waals surface area contributed by atoms with Crippen LogP contribution in [0.1, 0.15) is 26.8 Å². The molecule has 4 aromatic heterocycles. The molecular formula is C23H18N4O5S2. The Balaban J connectivity index is 1.53. The van der Waals surface area contributed by atoms with E-state index >= 15 is 0 Å². The van der Waals surface area contributed by atoms with Gasteiger partial charge < -0.3 is 14.1 Å². The van der Waals surface area contributed by atoms with E-state index < -0.39 is 5.97 Å². The van der Waals surface area contributed by atoms with Crippen LogP contribution in [0.2, 0.25) is 0 Å². The predicted molar refractivity (Wildman–Crippen MR) is 130 cm³/mol. The van der Waals surface area contributed by atoms with Crippen molar-refractivity contribution in [3.8, 4) is 0 Å². The molecule has 0 fully saturated rings. The molecule has 9 nitrogen and oxygen atoms in total. The third kappa shape index (κ3) is 3.93. The van der Waals surface area contributed by atoms with Gasteiger partial charge in [0.25, 0.3) is 11.1 Å². The number of hydrogen-bond donors (Lipinski definition) is 1. The van der Waals surface area contributed by atoms with Gasteiger partial charge in [-0.2, -0.15) is 0 Å². The zero-order chi connectivity index (χ0) is 23.8. The highest BCUT2D eigenvalue weighted by Gasteiger charge is 2.20. The number of hydrogen-bond acceptors (Lipinski definition) is 9. The van der Waals surface area contributed by atoms with E-state index in [2.05, 4.69) is 15.0 Å². The molecular weight excluding hydrogens is 476 g/mol. The van der Waals surface area contributed by atoms with Crippen molar-refractivity contribution in [2.45, 2.75) is 24.4 Å². The molecule has 0 aliphatic carbocycles. The topological polar surface area (TPSA) is 120 Å². The number of H-pyrrole nitrogens is 1. The van der Waals surface area contributed by atoms with Crippen LogP contribution in [0.15, 0.2) is 61.8 Å². The Bertz CT molecular complexity index is 1650. The summed E-state index contributed by atoms with van der Waals surface area (Å²) >= 11 is 2.40. The second kappa shape index (κ2) is 8.92. The van der Waals surface area contributed by atoms with Gasteiger partial charge in [-0.25, -0.2) is 14.8 Å². The van der Waals surface area contributed by atoms with E-state index in [1.54, 1.807) is 48.1 Å². The number of thiophene rings is 1. The van der Waals surface area contributed by atoms with Crippen molar-refractivity contribution in [1.29, 1.82) is 0 Å². The first-order valence-electron chi connectivity index (χ1n) is 10.2. The number of benzene rings is 1. The van der Waals surface area contributed by atoms with E-state index in [0.29, 0.717) is 48.3 Å². The van der Waals surface area contributed by atoms with Crippen molar-refractivity contribution in [2.24, 2.45) is 0 Å². The van der Waals surface area contributed by atoms with Crippen molar-refractivity contribution >= 4 is 50.2 Å². The van der Waals surface area contributed by atoms with Crippen molar-refractivity contribution in [1.82, 2.24) is 19.5 Å². The maximum atomic E-state index is 13.2. The maximum absolute atomic E-state index is 13.2. The third-order valence-electron chi connectivity index (χ3n) is 5.28. The second-order valence-corrected chi connectivity index (χ2v) is 9.35. The van der Waals surface area contributed by atoms with Crippen LogP contribution < -0.4 is 11.1 Å². The second-order valence-electron chi connectivity index (χ2n) is 7.41. The van der Waals surface area contributed by atoms with Crippen LogP contribution in [0.25, 0.3) is 21.1 Å². The summed E-state index contributed by atoms with van der Waals surface area (Å²) in [4.78, 5) is 50.7. The lowest BCUT2D eigenvalue weighted by Gasteiger charge is -2.12. The summed E-state index contributed by atoms with van der Waals surface area (Å²) in [7, 11) is 1.30. The zero-order valence-corrected chi connectivity index (χ0v) is 19.8. The minimum atomic E-state index is -0.502. The summed E-state index contributed by atoms with van der Waals surface area (Å²) in [6.45, 7) is 1.92. The molecule has 5 aromatic rings. The van der Waals surface area contributed by atoms with Crippen LogP contribution in [0, 0.1) is 6.92 Å². The van der Waals surface area contributed by atoms with Crippen LogP contribution in [0.5, 0.6) is 0 Å². The largest absolute Gasteiger partial charge is 0.467 e. The number of nitrogens with one attached hydrogen (secondary N) is 1. The molecule has 0 saturated heterocycles. The average molecular weight is 495 g/mol. The minimum absolute atomic E-state index is 0.182. The van der Waals surface area contributed by atoms with Crippen molar-refractivity contribution < 1.29 is 13.9 Å². The van der Waals surface area contributed by atoms with Crippen LogP contribution in [-0.4, -0.2) is 32.6 Å². The lowest BCUT2D eigenvalue weighted by atomic mass is 10.2. The summed E-state index contributed by atoms with van der Waals surface area (Å²) in [5, 5.41) is 1.36. The summed E-state index contributed by atoms with van der Waals surface area (Å²) in [5.41, 5.74) is 0.615. The number of carbonyl (C=O) groups excluding carboxylic acids is 1. The first-order valence-corrected chi connectivity index (χ1v) is 12.0. The molecule has 0 bridgehead atoms. The minimum Gasteiger partial charge on any atom is -0.467 e. The number of thioether (sulfide) groups is 1. The smallest absolute Gasteiger partial charge is 0.348 e. The molecule has 0 aliphatic heterocycles. The number of para-hydroxylation sites is 1. The van der Waals surface area contributed by atoms with E-state index in [1.807, 2.05) is 6.07 Å². The SMILES string of the molecule is COC(=O)c1sc2nc(CSc3nc4ccccc4c(=O)n3Cc3ccco3)[nH]c(=O)c2c1C. The Kier molecular flexibility index (Phi) is 5.80. The number of nitrogens with zero attached hydrogens (tertiary/aromatic N) is 3. The standard InChI is InChI=1S/C23H18N4O5S2/c1-12-17-19(28)25-16(26-20(17)34-18(12)22(30)31-2)11-33-23-24-15-8-4-3-7-14(15)21(29)27(23)10-13-6-5-9-32-13/h3-9H,10-11H2,1-2H3,(H,25,26,28). The summed E-state index contributed by atoms with van der Waals surface area (Å²) in [6.07, 6.45) is 1.55. The number of methoxy groups -OCH3 is 1. The molecule has 0 unspecified atom stereocenters. The van der Waals surface area contributed by atoms with Gasteiger partial charge in [-0.05, 0) is 36.8 Å². The molecule has 5 rings (SSSR count). The molecule has 0 amide bonds. The summed E-state index contributed by atoms with van der Waals surface area (Å²) in [6, 6.07) is 10.7. The number of aromatic amines is 1. The van der Waals surface area contributed by atoms with Crippen molar-refractivity contribution in [3.05, 3.63) is 85.4 Å². The van der Waals surface area contributed by atoms with Crippen LogP contribution in [-0.2, 0) is 17.0 Å². The zero-order valence-electron chi connectivity index (χ0n) is 18.2. The third-order valence-corrected chi connectivity index (χ3v) is 7.43. The Morgan fingerprint density at radius 1 is 1.21 bits per heavy atom. The van der Waals surface area contributed by atoms with Gasteiger partial charge in [0.1, 0.15) is 21.3 Å². The number of rotatable bonds is 6. The highest BCUT2D eigenvalue weighted by molar-refractivity contribution is 7.98. The Labute approximate surface area is 200 Å². The summed E-state index contributed by atoms with van der Waals surface area (Å²) < 4.78 is 11.8. The molecule has 0 saturated carbocycles. The van der Waals surface area contributed by atoms with Crippen LogP contribution in [0.4, 0.5) is 0 Å². The van der Waals surface area contributed by atoms with Gasteiger partial charge in [-0.15, -0.1) is 11.3 Å². The number of aromatic nitrogens is 4. The normalized spacial score (nSPS) is 11.4. The quantitative estimate of drug-likeness (QED) is 0.215. The van der Waals surface area contributed by atoms with Crippen molar-refractivity contribution in [2.75, 3.05) is 7.11 Å². The van der Waals surface area contributed by atoms with Crippen LogP contribution >= 0.6 is 23.1 Å². The maximum Gasteiger partial charge on any atom is 0.348 e. The number of furan rings is 1. The van der Waals surface area contributed by atoms with E-state index in [0.717, 1.165) is 11.3 Å². The van der Waals surface area contributed by atoms with E-state index in [-0.39, 0.29) is 23.4 Å². The lowest BCUT2D eigenvalue weighted by molar-refractivity contribution is 0.0605. The van der Waals surface area contributed by atoms with Crippen molar-refractivity contribution in [3.63, 3.8) is 0 Å². The van der Waals surface area contributed by atoms with Gasteiger partial charge in [0.2, 0.25) is 0 Å². The number of carbonyl (C=O) groups is 1. The Morgan fingerprint density at radius 2 is 2.03 bits per heavy atom. The lowest BCUT2D eigenvalue weighted by Crippen LogP contribution is -2.24. The van der Waals surface area contributed by atoms with Gasteiger partial charge in [0.15, 0.2) is 5.16 Å². The Morgan fingerprint density at radius 3 is 2.79 bits per heavy atom. The number of aryl methyl sites for hydroxylation is 1. The molecule has 34 heavy (non-hydrogen) atoms. The molecule has 1 N–H and O–H groups in total. The molecule has 11 heteroatoms. The van der Waals surface area contributed by atoms with E-state index in [1.165, 1.54) is 18.9 Å². The van der Waals surface area contributed by atoms with Gasteiger partial charge in [0.05, 0.1) is 42.0 Å². The predicted octanol–water partition coefficient (Wildman–Crippen LogP) is 3.72. The number of fused-ring (bicyclic) bond motifs is 2. The molecule has 0 spiro atoms. The molecule has 0 atom stereocenters. The van der Waals surface area contributed by atoms with Gasteiger partial charge in [-0.3, -0.25) is 14.2 Å². The van der Waals surface area contributed by atoms with E-state index in [9.17, 15) is 14.4 Å². The fourth-order valence-electron chi connectivity index (χ4n) is 3.63. The molecule has 172 valence electrons. The van der Waals surface area contributed by atoms with Crippen LogP contribution in [0.3, 0.4) is 0 Å². The average Bonchev–Trinajstić information content (AvgIpc) is 3.47. The first-order chi connectivity index (χ1) is 16.5. The number of ether oxygens (including phenoxy) is 1. The highest BCUT2D eigenvalue weighted by Crippen LogP contribution is 2.28. The fraction of sp³-hybridized carbons (Fsp3) is 0.174. The molecule has 0 radical (unpaired) electrons. The van der Waals surface area contributed by atoms with Gasteiger partial charge in [0, 0.05) is 0 Å². The molecule has 1 aromatic carbocycles. The van der Waals surface area contributed by atoms with E-state index in [4.69, 9.17) is 9.15 Å². The van der Waals surface area contributed by atoms with Gasteiger partial charge in [-0.1, -0.05) is 23.9 Å². The first kappa shape index (κ1) is 22.1. The Hall–Kier alpha value is -3.70. The monoisotopic (exact) mass is 494 g/mol. The molecule has 4 heterocycles.